The summed E-state index contributed by atoms with van der Waals surface area (Å²) < 4.78 is 6.19. The van der Waals surface area contributed by atoms with Crippen LogP contribution in [0, 0.1) is 12.8 Å². The molecule has 2 aromatic heterocycles. The number of nitrogens with one attached hydrogen (secondary N) is 3. The average molecular weight is 492 g/mol. The number of ether oxygens (including phenoxy) is 1. The van der Waals surface area contributed by atoms with Crippen LogP contribution in [0.5, 0.6) is 5.75 Å². The fourth-order valence-electron chi connectivity index (χ4n) is 5.02. The van der Waals surface area contributed by atoms with Gasteiger partial charge in [0.05, 0.1) is 17.7 Å². The zero-order chi connectivity index (χ0) is 25.2. The number of hydrogen-bond donors (Lipinski definition) is 4. The van der Waals surface area contributed by atoms with Crippen LogP contribution in [-0.2, 0) is 6.42 Å². The van der Waals surface area contributed by atoms with Gasteiger partial charge in [0.25, 0.3) is 5.91 Å². The van der Waals surface area contributed by atoms with E-state index in [4.69, 9.17) is 9.84 Å². The Hall–Kier alpha value is -3.62. The van der Waals surface area contributed by atoms with Crippen molar-refractivity contribution in [3.05, 3.63) is 41.3 Å². The third-order valence-corrected chi connectivity index (χ3v) is 7.27. The van der Waals surface area contributed by atoms with Gasteiger partial charge in [-0.15, -0.1) is 0 Å². The van der Waals surface area contributed by atoms with Crippen molar-refractivity contribution in [1.82, 2.24) is 25.6 Å². The summed E-state index contributed by atoms with van der Waals surface area (Å²) in [7, 11) is 0. The van der Waals surface area contributed by atoms with E-state index in [-0.39, 0.29) is 18.0 Å². The topological polar surface area (TPSA) is 129 Å². The number of amides is 2. The third kappa shape index (κ3) is 5.15. The molecule has 0 bridgehead atoms. The highest BCUT2D eigenvalue weighted by Crippen LogP contribution is 2.37. The van der Waals surface area contributed by atoms with Gasteiger partial charge >= 0.3 is 6.09 Å². The lowest BCUT2D eigenvalue weighted by Gasteiger charge is -2.28. The number of rotatable bonds is 8. The molecule has 0 saturated heterocycles. The van der Waals surface area contributed by atoms with Gasteiger partial charge in [-0.2, -0.15) is 0 Å². The second kappa shape index (κ2) is 10.2. The predicted octanol–water partition coefficient (Wildman–Crippen LogP) is 4.59. The van der Waals surface area contributed by atoms with Gasteiger partial charge in [-0.25, -0.2) is 14.8 Å². The fraction of sp³-hybridized carbons (Fsp3) is 0.481. The second-order valence-corrected chi connectivity index (χ2v) is 9.98. The van der Waals surface area contributed by atoms with Gasteiger partial charge in [0.1, 0.15) is 23.3 Å². The Morgan fingerprint density at radius 2 is 1.81 bits per heavy atom. The Bertz CT molecular complexity index is 1270. The molecular formula is C27H33N5O4. The summed E-state index contributed by atoms with van der Waals surface area (Å²) in [6.07, 6.45) is 6.69. The molecular weight excluding hydrogens is 458 g/mol. The van der Waals surface area contributed by atoms with Crippen molar-refractivity contribution in [3.63, 3.8) is 0 Å². The molecule has 0 spiro atoms. The van der Waals surface area contributed by atoms with Crippen molar-refractivity contribution in [1.29, 1.82) is 0 Å². The second-order valence-electron chi connectivity index (χ2n) is 9.98. The number of aryl methyl sites for hydroxylation is 2. The summed E-state index contributed by atoms with van der Waals surface area (Å²) in [6, 6.07) is 6.16. The maximum absolute atomic E-state index is 13.3. The normalized spacial score (nSPS) is 19.7. The van der Waals surface area contributed by atoms with Gasteiger partial charge < -0.3 is 25.5 Å². The average Bonchev–Trinajstić information content (AvgIpc) is 3.63. The minimum absolute atomic E-state index is 0.00124. The number of aromatic amines is 1. The van der Waals surface area contributed by atoms with Crippen molar-refractivity contribution < 1.29 is 19.4 Å². The molecule has 2 aliphatic carbocycles. The molecule has 5 rings (SSSR count). The van der Waals surface area contributed by atoms with Crippen molar-refractivity contribution in [2.24, 2.45) is 5.92 Å². The van der Waals surface area contributed by atoms with Crippen molar-refractivity contribution in [3.8, 4) is 17.0 Å². The zero-order valence-corrected chi connectivity index (χ0v) is 20.8. The minimum atomic E-state index is -1.00. The molecule has 9 nitrogen and oxygen atoms in total. The van der Waals surface area contributed by atoms with E-state index in [1.54, 1.807) is 0 Å². The number of nitrogens with zero attached hydrogens (tertiary/aromatic N) is 2. The summed E-state index contributed by atoms with van der Waals surface area (Å²) in [6.45, 7) is 4.70. The molecule has 0 radical (unpaired) electrons. The summed E-state index contributed by atoms with van der Waals surface area (Å²) >= 11 is 0. The number of carboxylic acid groups (broad SMARTS) is 1. The Morgan fingerprint density at radius 1 is 1.08 bits per heavy atom. The van der Waals surface area contributed by atoms with E-state index < -0.39 is 6.09 Å². The van der Waals surface area contributed by atoms with Crippen molar-refractivity contribution >= 4 is 23.0 Å². The maximum Gasteiger partial charge on any atom is 0.404 e. The first kappa shape index (κ1) is 24.1. The number of benzene rings is 1. The van der Waals surface area contributed by atoms with Crippen LogP contribution in [0.2, 0.25) is 0 Å². The molecule has 190 valence electrons. The largest absolute Gasteiger partial charge is 0.493 e. The zero-order valence-electron chi connectivity index (χ0n) is 20.8. The Balaban J connectivity index is 1.41. The van der Waals surface area contributed by atoms with Gasteiger partial charge in [-0.1, -0.05) is 13.0 Å². The van der Waals surface area contributed by atoms with Crippen LogP contribution >= 0.6 is 0 Å². The van der Waals surface area contributed by atoms with Gasteiger partial charge in [0.2, 0.25) is 0 Å². The highest BCUT2D eigenvalue weighted by Gasteiger charge is 2.27. The van der Waals surface area contributed by atoms with E-state index in [1.165, 1.54) is 24.7 Å². The highest BCUT2D eigenvalue weighted by molar-refractivity contribution is 6.09. The van der Waals surface area contributed by atoms with E-state index in [9.17, 15) is 9.59 Å². The van der Waals surface area contributed by atoms with Gasteiger partial charge in [-0.3, -0.25) is 4.79 Å². The standard InChI is InChI=1S/C27H33N5O4/c1-3-16-6-11-21(36-13-17-4-5-17)20(12-16)23-25-24(29-14-28-23)22(15(2)30-25)26(33)31-18-7-9-19(10-8-18)32-27(34)35/h6,11-12,14,17-19,30,32H,3-5,7-10,13H2,1-2H3,(H,31,33)(H,34,35)/t18-,19-. The van der Waals surface area contributed by atoms with Crippen LogP contribution in [0.15, 0.2) is 24.5 Å². The first-order valence-corrected chi connectivity index (χ1v) is 12.8. The SMILES string of the molecule is CCc1ccc(OCC2CC2)c(-c2ncnc3c(C(=O)N[C@H]4CC[C@H](NC(=O)O)CC4)c(C)[nH]c23)c1. The smallest absolute Gasteiger partial charge is 0.404 e. The summed E-state index contributed by atoms with van der Waals surface area (Å²) in [5.74, 6) is 1.25. The van der Waals surface area contributed by atoms with E-state index in [1.807, 2.05) is 13.0 Å². The Morgan fingerprint density at radius 3 is 2.47 bits per heavy atom. The summed E-state index contributed by atoms with van der Waals surface area (Å²) in [5, 5.41) is 14.6. The van der Waals surface area contributed by atoms with Crippen LogP contribution < -0.4 is 15.4 Å². The lowest BCUT2D eigenvalue weighted by molar-refractivity contribution is 0.0924. The monoisotopic (exact) mass is 491 g/mol. The van der Waals surface area contributed by atoms with E-state index >= 15 is 0 Å². The van der Waals surface area contributed by atoms with Crippen LogP contribution in [0.4, 0.5) is 4.79 Å². The maximum atomic E-state index is 13.3. The fourth-order valence-corrected chi connectivity index (χ4v) is 5.02. The van der Waals surface area contributed by atoms with Crippen LogP contribution in [0.1, 0.15) is 67.1 Å². The molecule has 2 aliphatic rings. The molecule has 2 amide bonds. The first-order valence-electron chi connectivity index (χ1n) is 12.8. The molecule has 3 aromatic rings. The molecule has 0 atom stereocenters. The van der Waals surface area contributed by atoms with Crippen LogP contribution in [-0.4, -0.2) is 50.7 Å². The van der Waals surface area contributed by atoms with Gasteiger partial charge in [0.15, 0.2) is 0 Å². The lowest BCUT2D eigenvalue weighted by Crippen LogP contribution is -2.43. The molecule has 2 fully saturated rings. The molecule has 0 unspecified atom stereocenters. The lowest BCUT2D eigenvalue weighted by atomic mass is 9.91. The molecule has 2 heterocycles. The summed E-state index contributed by atoms with van der Waals surface area (Å²) in [4.78, 5) is 36.7. The molecule has 1 aromatic carbocycles. The predicted molar refractivity (Wildman–Crippen MR) is 136 cm³/mol. The highest BCUT2D eigenvalue weighted by atomic mass is 16.5. The Kier molecular flexibility index (Phi) is 6.80. The number of carbonyl (C=O) groups excluding carboxylic acids is 1. The Labute approximate surface area is 210 Å². The number of fused-ring (bicyclic) bond motifs is 1. The van der Waals surface area contributed by atoms with Gasteiger partial charge in [0, 0.05) is 23.3 Å². The van der Waals surface area contributed by atoms with E-state index in [0.717, 1.165) is 47.5 Å². The number of H-pyrrole nitrogens is 1. The number of carbonyl (C=O) groups is 2. The van der Waals surface area contributed by atoms with E-state index in [2.05, 4.69) is 44.6 Å². The molecule has 9 heteroatoms. The molecule has 4 N–H and O–H groups in total. The van der Waals surface area contributed by atoms with Crippen LogP contribution in [0.25, 0.3) is 22.3 Å². The third-order valence-electron chi connectivity index (χ3n) is 7.27. The van der Waals surface area contributed by atoms with Crippen molar-refractivity contribution in [2.75, 3.05) is 6.61 Å². The van der Waals surface area contributed by atoms with Crippen molar-refractivity contribution in [2.45, 2.75) is 70.9 Å². The number of hydrogen-bond acceptors (Lipinski definition) is 5. The van der Waals surface area contributed by atoms with Crippen LogP contribution in [0.3, 0.4) is 0 Å². The number of aromatic nitrogens is 3. The quantitative estimate of drug-likeness (QED) is 0.365. The summed E-state index contributed by atoms with van der Waals surface area (Å²) in [5.41, 5.74) is 5.38. The minimum Gasteiger partial charge on any atom is -0.493 e. The first-order chi connectivity index (χ1) is 17.4. The molecule has 0 aliphatic heterocycles. The van der Waals surface area contributed by atoms with Gasteiger partial charge in [-0.05, 0) is 75.5 Å². The molecule has 36 heavy (non-hydrogen) atoms. The van der Waals surface area contributed by atoms with E-state index in [0.29, 0.717) is 36.4 Å². The molecule has 2 saturated carbocycles.